The van der Waals surface area contributed by atoms with E-state index in [0.717, 1.165) is 29.7 Å². The number of esters is 1. The Morgan fingerprint density at radius 1 is 1.48 bits per heavy atom. The van der Waals surface area contributed by atoms with Crippen molar-refractivity contribution in [1.82, 2.24) is 14.9 Å². The van der Waals surface area contributed by atoms with Crippen molar-refractivity contribution in [3.8, 4) is 0 Å². The van der Waals surface area contributed by atoms with Gasteiger partial charge in [-0.1, -0.05) is 12.1 Å². The van der Waals surface area contributed by atoms with Gasteiger partial charge >= 0.3 is 5.97 Å². The maximum absolute atomic E-state index is 12.2. The van der Waals surface area contributed by atoms with Gasteiger partial charge in [0.15, 0.2) is 0 Å². The minimum atomic E-state index is -0.311. The Balaban J connectivity index is 1.85. The number of fused-ring (bicyclic) bond motifs is 1. The average Bonchev–Trinajstić information content (AvgIpc) is 3.23. The van der Waals surface area contributed by atoms with E-state index in [9.17, 15) is 4.79 Å². The summed E-state index contributed by atoms with van der Waals surface area (Å²) < 4.78 is 7.29. The van der Waals surface area contributed by atoms with Crippen LogP contribution in [0.25, 0.3) is 11.0 Å². The smallest absolute Gasteiger partial charge is 0.324 e. The Labute approximate surface area is 124 Å². The number of carbonyl (C=O) groups excluding carboxylic acids is 1. The molecule has 112 valence electrons. The molecule has 1 N–H and O–H groups in total. The highest BCUT2D eigenvalue weighted by Gasteiger charge is 2.30. The molecule has 0 radical (unpaired) electrons. The van der Waals surface area contributed by atoms with Crippen molar-refractivity contribution in [2.45, 2.75) is 45.3 Å². The third-order valence-electron chi connectivity index (χ3n) is 3.80. The number of benzene rings is 1. The molecule has 0 amide bonds. The lowest BCUT2D eigenvalue weighted by Gasteiger charge is -2.18. The van der Waals surface area contributed by atoms with E-state index in [4.69, 9.17) is 4.74 Å². The second kappa shape index (κ2) is 5.85. The quantitative estimate of drug-likeness (QED) is 0.826. The van der Waals surface area contributed by atoms with E-state index in [0.29, 0.717) is 19.2 Å². The Morgan fingerprint density at radius 3 is 2.95 bits per heavy atom. The van der Waals surface area contributed by atoms with Crippen LogP contribution < -0.4 is 5.32 Å². The van der Waals surface area contributed by atoms with Crippen molar-refractivity contribution in [2.24, 2.45) is 0 Å². The molecule has 0 saturated heterocycles. The van der Waals surface area contributed by atoms with Crippen LogP contribution in [0.15, 0.2) is 24.3 Å². The summed E-state index contributed by atoms with van der Waals surface area (Å²) >= 11 is 0. The first-order chi connectivity index (χ1) is 10.2. The van der Waals surface area contributed by atoms with Gasteiger partial charge in [-0.25, -0.2) is 4.98 Å². The van der Waals surface area contributed by atoms with Crippen LogP contribution in [0.1, 0.15) is 25.6 Å². The van der Waals surface area contributed by atoms with Crippen molar-refractivity contribution in [2.75, 3.05) is 6.61 Å². The minimum absolute atomic E-state index is 0.179. The van der Waals surface area contributed by atoms with Gasteiger partial charge in [-0.05, 0) is 38.8 Å². The zero-order valence-electron chi connectivity index (χ0n) is 12.5. The van der Waals surface area contributed by atoms with E-state index in [1.165, 1.54) is 0 Å². The second-order valence-corrected chi connectivity index (χ2v) is 5.50. The highest BCUT2D eigenvalue weighted by Crippen LogP contribution is 2.21. The summed E-state index contributed by atoms with van der Waals surface area (Å²) in [5.74, 6) is 0.740. The Morgan fingerprint density at radius 2 is 2.24 bits per heavy atom. The number of ether oxygens (including phenoxy) is 1. The molecule has 0 bridgehead atoms. The summed E-state index contributed by atoms with van der Waals surface area (Å²) in [7, 11) is 0. The van der Waals surface area contributed by atoms with E-state index in [2.05, 4.69) is 14.9 Å². The van der Waals surface area contributed by atoms with Crippen molar-refractivity contribution >= 4 is 17.0 Å². The molecule has 1 aliphatic carbocycles. The zero-order valence-corrected chi connectivity index (χ0v) is 12.5. The molecule has 1 aliphatic rings. The van der Waals surface area contributed by atoms with Gasteiger partial charge in [0.25, 0.3) is 0 Å². The van der Waals surface area contributed by atoms with Gasteiger partial charge in [0.05, 0.1) is 24.2 Å². The fourth-order valence-corrected chi connectivity index (χ4v) is 2.58. The number of para-hydroxylation sites is 2. The largest absolute Gasteiger partial charge is 0.465 e. The van der Waals surface area contributed by atoms with Gasteiger partial charge in [-0.3, -0.25) is 4.79 Å². The molecule has 1 saturated carbocycles. The molecule has 5 nitrogen and oxygen atoms in total. The Kier molecular flexibility index (Phi) is 3.92. The first-order valence-corrected chi connectivity index (χ1v) is 7.53. The van der Waals surface area contributed by atoms with E-state index in [1.807, 2.05) is 38.1 Å². The van der Waals surface area contributed by atoms with Crippen molar-refractivity contribution < 1.29 is 9.53 Å². The maximum Gasteiger partial charge on any atom is 0.324 e. The molecule has 1 fully saturated rings. The number of imidazole rings is 1. The maximum atomic E-state index is 12.2. The third-order valence-corrected chi connectivity index (χ3v) is 3.80. The predicted octanol–water partition coefficient (Wildman–Crippen LogP) is 2.03. The van der Waals surface area contributed by atoms with E-state index in [-0.39, 0.29) is 12.0 Å². The molecule has 0 spiro atoms. The number of hydrogen-bond donors (Lipinski definition) is 1. The molecule has 21 heavy (non-hydrogen) atoms. The second-order valence-electron chi connectivity index (χ2n) is 5.50. The highest BCUT2D eigenvalue weighted by atomic mass is 16.5. The molecule has 0 aliphatic heterocycles. The summed E-state index contributed by atoms with van der Waals surface area (Å²) in [5.41, 5.74) is 2.02. The van der Waals surface area contributed by atoms with Gasteiger partial charge in [-0.2, -0.15) is 0 Å². The summed E-state index contributed by atoms with van der Waals surface area (Å²) in [6.07, 6.45) is 2.28. The third kappa shape index (κ3) is 3.08. The molecule has 1 heterocycles. The topological polar surface area (TPSA) is 56.2 Å². The highest BCUT2D eigenvalue weighted by molar-refractivity contribution is 5.78. The first kappa shape index (κ1) is 14.1. The van der Waals surface area contributed by atoms with Gasteiger partial charge in [0.2, 0.25) is 0 Å². The molecular weight excluding hydrogens is 266 g/mol. The van der Waals surface area contributed by atoms with Crippen LogP contribution in [-0.4, -0.2) is 34.2 Å². The lowest BCUT2D eigenvalue weighted by Crippen LogP contribution is -2.42. The van der Waals surface area contributed by atoms with Gasteiger partial charge in [0.1, 0.15) is 11.9 Å². The van der Waals surface area contributed by atoms with Crippen LogP contribution in [0.5, 0.6) is 0 Å². The van der Waals surface area contributed by atoms with Crippen LogP contribution >= 0.6 is 0 Å². The fraction of sp³-hybridized carbons (Fsp3) is 0.500. The monoisotopic (exact) mass is 287 g/mol. The standard InChI is InChI=1S/C16H21N3O2/c1-3-21-16(20)14(18-12-8-9-12)10-19-11(2)17-13-6-4-5-7-15(13)19/h4-7,12,14,18H,3,8-10H2,1-2H3. The van der Waals surface area contributed by atoms with Gasteiger partial charge in [-0.15, -0.1) is 0 Å². The molecule has 1 aromatic carbocycles. The van der Waals surface area contributed by atoms with Gasteiger partial charge in [0, 0.05) is 6.04 Å². The van der Waals surface area contributed by atoms with Crippen LogP contribution in [0.3, 0.4) is 0 Å². The summed E-state index contributed by atoms with van der Waals surface area (Å²) in [6.45, 7) is 4.77. The Bertz CT molecular complexity index is 646. The summed E-state index contributed by atoms with van der Waals surface area (Å²) in [4.78, 5) is 16.7. The van der Waals surface area contributed by atoms with Crippen molar-refractivity contribution in [3.05, 3.63) is 30.1 Å². The lowest BCUT2D eigenvalue weighted by atomic mass is 10.2. The molecular formula is C16H21N3O2. The minimum Gasteiger partial charge on any atom is -0.465 e. The number of rotatable bonds is 6. The SMILES string of the molecule is CCOC(=O)C(Cn1c(C)nc2ccccc21)NC1CC1. The van der Waals surface area contributed by atoms with Crippen LogP contribution in [0.4, 0.5) is 0 Å². The molecule has 1 atom stereocenters. The van der Waals surface area contributed by atoms with Gasteiger partial charge < -0.3 is 14.6 Å². The molecule has 1 aromatic heterocycles. The van der Waals surface area contributed by atoms with Crippen molar-refractivity contribution in [3.63, 3.8) is 0 Å². The zero-order chi connectivity index (χ0) is 14.8. The normalized spacial score (nSPS) is 16.1. The number of nitrogens with one attached hydrogen (secondary N) is 1. The van der Waals surface area contributed by atoms with Crippen LogP contribution in [0.2, 0.25) is 0 Å². The number of hydrogen-bond acceptors (Lipinski definition) is 4. The number of aryl methyl sites for hydroxylation is 1. The molecule has 1 unspecified atom stereocenters. The average molecular weight is 287 g/mol. The van der Waals surface area contributed by atoms with E-state index >= 15 is 0 Å². The lowest BCUT2D eigenvalue weighted by molar-refractivity contribution is -0.146. The summed E-state index contributed by atoms with van der Waals surface area (Å²) in [5, 5.41) is 3.38. The van der Waals surface area contributed by atoms with E-state index < -0.39 is 0 Å². The molecule has 2 aromatic rings. The van der Waals surface area contributed by atoms with Crippen molar-refractivity contribution in [1.29, 1.82) is 0 Å². The number of carbonyl (C=O) groups is 1. The van der Waals surface area contributed by atoms with E-state index in [1.54, 1.807) is 0 Å². The number of nitrogens with zero attached hydrogens (tertiary/aromatic N) is 2. The first-order valence-electron chi connectivity index (χ1n) is 7.53. The molecule has 5 heteroatoms. The fourth-order valence-electron chi connectivity index (χ4n) is 2.58. The number of aromatic nitrogens is 2. The summed E-state index contributed by atoms with van der Waals surface area (Å²) in [6, 6.07) is 8.14. The van der Waals surface area contributed by atoms with Crippen LogP contribution in [-0.2, 0) is 16.1 Å². The predicted molar refractivity (Wildman–Crippen MR) is 81.0 cm³/mol. The van der Waals surface area contributed by atoms with Crippen LogP contribution in [0, 0.1) is 6.92 Å². The molecule has 3 rings (SSSR count). The Hall–Kier alpha value is -1.88.